The first kappa shape index (κ1) is 25.0. The lowest BCUT2D eigenvalue weighted by molar-refractivity contribution is -0.137. The fraction of sp³-hybridized carbons (Fsp3) is 0.312. The quantitative estimate of drug-likeness (QED) is 0.368. The summed E-state index contributed by atoms with van der Waals surface area (Å²) in [4.78, 5) is 32.4. The molecule has 6 rings (SSSR count). The van der Waals surface area contributed by atoms with Crippen molar-refractivity contribution in [2.75, 3.05) is 6.61 Å². The van der Waals surface area contributed by atoms with Crippen LogP contribution in [-0.4, -0.2) is 32.2 Å². The normalized spacial score (nSPS) is 17.5. The van der Waals surface area contributed by atoms with Gasteiger partial charge in [-0.25, -0.2) is 4.98 Å². The number of aryl methyl sites for hydroxylation is 3. The van der Waals surface area contributed by atoms with Crippen molar-refractivity contribution in [3.05, 3.63) is 98.9 Å². The van der Waals surface area contributed by atoms with Gasteiger partial charge in [-0.1, -0.05) is 18.2 Å². The van der Waals surface area contributed by atoms with Crippen molar-refractivity contribution in [2.24, 2.45) is 7.05 Å². The first-order chi connectivity index (χ1) is 18.8. The van der Waals surface area contributed by atoms with Crippen LogP contribution in [0.3, 0.4) is 0 Å². The number of carboxylic acid groups (broad SMARTS) is 1. The Balaban J connectivity index is 1.28. The summed E-state index contributed by atoms with van der Waals surface area (Å²) in [5.41, 5.74) is 11.1. The monoisotopic (exact) mass is 521 g/mol. The molecule has 2 aromatic carbocycles. The lowest BCUT2D eigenvalue weighted by Crippen LogP contribution is -2.15. The highest BCUT2D eigenvalue weighted by Crippen LogP contribution is 2.43. The highest BCUT2D eigenvalue weighted by molar-refractivity contribution is 5.79. The van der Waals surface area contributed by atoms with Crippen molar-refractivity contribution in [3.8, 4) is 28.1 Å². The number of hydrogen-bond donors (Lipinski definition) is 1. The predicted octanol–water partition coefficient (Wildman–Crippen LogP) is 5.35. The molecule has 198 valence electrons. The van der Waals surface area contributed by atoms with E-state index in [1.165, 1.54) is 37.9 Å². The minimum atomic E-state index is -0.830. The summed E-state index contributed by atoms with van der Waals surface area (Å²) in [6.07, 6.45) is 6.45. The maximum Gasteiger partial charge on any atom is 0.304 e. The van der Waals surface area contributed by atoms with Crippen LogP contribution in [0, 0.1) is 13.8 Å². The van der Waals surface area contributed by atoms with Crippen LogP contribution in [0.25, 0.3) is 22.4 Å². The van der Waals surface area contributed by atoms with Crippen LogP contribution < -0.4 is 10.3 Å². The summed E-state index contributed by atoms with van der Waals surface area (Å²) < 4.78 is 7.27. The van der Waals surface area contributed by atoms with Crippen molar-refractivity contribution in [1.82, 2.24) is 14.5 Å². The van der Waals surface area contributed by atoms with Crippen molar-refractivity contribution < 1.29 is 14.6 Å². The van der Waals surface area contributed by atoms with Crippen LogP contribution in [0.4, 0.5) is 0 Å². The van der Waals surface area contributed by atoms with Gasteiger partial charge in [0.25, 0.3) is 5.56 Å². The molecule has 39 heavy (non-hydrogen) atoms. The Morgan fingerprint density at radius 2 is 1.90 bits per heavy atom. The predicted molar refractivity (Wildman–Crippen MR) is 149 cm³/mol. The third-order valence-electron chi connectivity index (χ3n) is 8.14. The van der Waals surface area contributed by atoms with Crippen LogP contribution in [0.2, 0.25) is 0 Å². The number of hydrogen-bond acceptors (Lipinski definition) is 5. The largest absolute Gasteiger partial charge is 0.491 e. The van der Waals surface area contributed by atoms with Crippen molar-refractivity contribution in [1.29, 1.82) is 0 Å². The summed E-state index contributed by atoms with van der Waals surface area (Å²) >= 11 is 0. The molecule has 0 amide bonds. The second-order valence-electron chi connectivity index (χ2n) is 10.9. The maximum atomic E-state index is 12.2. The minimum Gasteiger partial charge on any atom is -0.491 e. The van der Waals surface area contributed by atoms with Gasteiger partial charge in [0.05, 0.1) is 30.7 Å². The van der Waals surface area contributed by atoms with E-state index < -0.39 is 5.97 Å². The fourth-order valence-corrected chi connectivity index (χ4v) is 6.29. The molecule has 1 aliphatic carbocycles. The van der Waals surface area contributed by atoms with E-state index in [-0.39, 0.29) is 17.9 Å². The Morgan fingerprint density at radius 1 is 1.10 bits per heavy atom. The minimum absolute atomic E-state index is 0.0399. The molecule has 7 nitrogen and oxygen atoms in total. The van der Waals surface area contributed by atoms with E-state index in [2.05, 4.69) is 54.1 Å². The standard InChI is InChI=1S/C32H31N3O4/c1-18-9-22(27-14-29(36)35(3)17-34-27)10-19(2)31(18)26-6-4-5-24-21(7-8-25(24)26)11-20-12-28-32(33-15-20)23(16-39-28)13-30(37)38/h4-6,9-10,12,14-15,17,21,23H,7-8,11,13,16H2,1-3H3,(H,37,38)/t21-,23?/m0/s1. The molecule has 2 aliphatic rings. The van der Waals surface area contributed by atoms with E-state index >= 15 is 0 Å². The molecule has 4 aromatic rings. The van der Waals surface area contributed by atoms with Gasteiger partial charge in [0.2, 0.25) is 0 Å². The van der Waals surface area contributed by atoms with Gasteiger partial charge < -0.3 is 14.4 Å². The van der Waals surface area contributed by atoms with E-state index in [0.29, 0.717) is 18.2 Å². The van der Waals surface area contributed by atoms with E-state index in [0.717, 1.165) is 41.8 Å². The van der Waals surface area contributed by atoms with Crippen LogP contribution >= 0.6 is 0 Å². The van der Waals surface area contributed by atoms with E-state index in [1.54, 1.807) is 19.4 Å². The van der Waals surface area contributed by atoms with Gasteiger partial charge in [-0.05, 0) is 96.2 Å². The lowest BCUT2D eigenvalue weighted by Gasteiger charge is -2.17. The highest BCUT2D eigenvalue weighted by Gasteiger charge is 2.30. The second-order valence-corrected chi connectivity index (χ2v) is 10.9. The topological polar surface area (TPSA) is 94.3 Å². The SMILES string of the molecule is Cc1cc(-c2cc(=O)n(C)cn2)cc(C)c1-c1cccc2c1CC[C@H]2Cc1cnc2c(c1)OCC2CC(=O)O. The van der Waals surface area contributed by atoms with Crippen molar-refractivity contribution in [3.63, 3.8) is 0 Å². The first-order valence-electron chi connectivity index (χ1n) is 13.4. The molecular formula is C32H31N3O4. The van der Waals surface area contributed by atoms with E-state index in [1.807, 2.05) is 12.3 Å². The Labute approximate surface area is 227 Å². The summed E-state index contributed by atoms with van der Waals surface area (Å²) in [6.45, 7) is 4.64. The van der Waals surface area contributed by atoms with Gasteiger partial charge in [-0.15, -0.1) is 0 Å². The number of benzene rings is 2. The van der Waals surface area contributed by atoms with Gasteiger partial charge >= 0.3 is 5.97 Å². The molecule has 1 N–H and O–H groups in total. The van der Waals surface area contributed by atoms with Gasteiger partial charge in [0.15, 0.2) is 0 Å². The van der Waals surface area contributed by atoms with Gasteiger partial charge in [-0.2, -0.15) is 0 Å². The number of aliphatic carboxylic acids is 1. The number of pyridine rings is 1. The van der Waals surface area contributed by atoms with Gasteiger partial charge in [-0.3, -0.25) is 14.6 Å². The van der Waals surface area contributed by atoms with Gasteiger partial charge in [0.1, 0.15) is 5.75 Å². The number of nitrogens with zero attached hydrogens (tertiary/aromatic N) is 3. The molecule has 1 unspecified atom stereocenters. The zero-order valence-electron chi connectivity index (χ0n) is 22.4. The molecule has 0 fully saturated rings. The molecule has 0 saturated heterocycles. The summed E-state index contributed by atoms with van der Waals surface area (Å²) in [6, 6.07) is 14.5. The molecule has 7 heteroatoms. The number of fused-ring (bicyclic) bond motifs is 2. The number of carboxylic acids is 1. The third kappa shape index (κ3) is 4.62. The van der Waals surface area contributed by atoms with E-state index in [9.17, 15) is 9.59 Å². The molecule has 2 atom stereocenters. The Kier molecular flexibility index (Phi) is 6.29. The molecule has 1 aliphatic heterocycles. The maximum absolute atomic E-state index is 12.2. The van der Waals surface area contributed by atoms with Crippen LogP contribution in [0.5, 0.6) is 5.75 Å². The third-order valence-corrected chi connectivity index (χ3v) is 8.14. The Morgan fingerprint density at radius 3 is 2.64 bits per heavy atom. The van der Waals surface area contributed by atoms with Gasteiger partial charge in [0, 0.05) is 30.8 Å². The van der Waals surface area contributed by atoms with E-state index in [4.69, 9.17) is 9.84 Å². The van der Waals surface area contributed by atoms with Crippen LogP contribution in [-0.2, 0) is 24.7 Å². The summed E-state index contributed by atoms with van der Waals surface area (Å²) in [5, 5.41) is 9.16. The zero-order chi connectivity index (χ0) is 27.3. The smallest absolute Gasteiger partial charge is 0.304 e. The van der Waals surface area contributed by atoms with Crippen LogP contribution in [0.15, 0.2) is 59.8 Å². The molecule has 0 spiro atoms. The number of ether oxygens (including phenoxy) is 1. The fourth-order valence-electron chi connectivity index (χ4n) is 6.29. The summed E-state index contributed by atoms with van der Waals surface area (Å²) in [5.74, 6) is 0.106. The molecule has 0 bridgehead atoms. The Bertz CT molecular complexity index is 1650. The summed E-state index contributed by atoms with van der Waals surface area (Å²) in [7, 11) is 1.70. The van der Waals surface area contributed by atoms with Crippen molar-refractivity contribution >= 4 is 5.97 Å². The zero-order valence-corrected chi connectivity index (χ0v) is 22.4. The highest BCUT2D eigenvalue weighted by atomic mass is 16.5. The molecule has 0 saturated carbocycles. The van der Waals surface area contributed by atoms with Crippen molar-refractivity contribution in [2.45, 2.75) is 51.4 Å². The number of aromatic nitrogens is 3. The first-order valence-corrected chi connectivity index (χ1v) is 13.4. The number of rotatable bonds is 6. The Hall–Kier alpha value is -4.26. The molecule has 2 aromatic heterocycles. The van der Waals surface area contributed by atoms with Crippen LogP contribution in [0.1, 0.15) is 58.2 Å². The molecule has 3 heterocycles. The average Bonchev–Trinajstić information content (AvgIpc) is 3.49. The second kappa shape index (κ2) is 9.80. The molecule has 0 radical (unpaired) electrons. The lowest BCUT2D eigenvalue weighted by atomic mass is 9.87. The molecular weight excluding hydrogens is 490 g/mol. The number of carbonyl (C=O) groups is 1. The average molecular weight is 522 g/mol.